The van der Waals surface area contributed by atoms with E-state index in [1.54, 1.807) is 25.0 Å². The quantitative estimate of drug-likeness (QED) is 0.797. The molecule has 26 heavy (non-hydrogen) atoms. The minimum Gasteiger partial charge on any atom is -0.481 e. The highest BCUT2D eigenvalue weighted by Gasteiger charge is 2.36. The van der Waals surface area contributed by atoms with Crippen molar-refractivity contribution in [1.29, 1.82) is 0 Å². The number of ether oxygens (including phenoxy) is 1. The van der Waals surface area contributed by atoms with Crippen LogP contribution in [0.3, 0.4) is 0 Å². The summed E-state index contributed by atoms with van der Waals surface area (Å²) < 4.78 is 5.13. The topological polar surface area (TPSA) is 90.8 Å². The van der Waals surface area contributed by atoms with Crippen LogP contribution in [0.4, 0.5) is 5.82 Å². The first-order valence-electron chi connectivity index (χ1n) is 9.30. The Morgan fingerprint density at radius 3 is 2.85 bits per heavy atom. The maximum absolute atomic E-state index is 11.6. The minimum atomic E-state index is -0.787. The van der Waals surface area contributed by atoms with Crippen LogP contribution in [0, 0.1) is 0 Å². The molecular formula is C18H29N5O3. The number of piperidine rings is 2. The minimum absolute atomic E-state index is 0.0475. The summed E-state index contributed by atoms with van der Waals surface area (Å²) in [6, 6.07) is 2.15. The normalized spacial score (nSPS) is 25.1. The van der Waals surface area contributed by atoms with Gasteiger partial charge in [-0.3, -0.25) is 4.79 Å². The van der Waals surface area contributed by atoms with E-state index in [1.807, 2.05) is 0 Å². The van der Waals surface area contributed by atoms with Crippen molar-refractivity contribution < 1.29 is 14.6 Å². The van der Waals surface area contributed by atoms with Crippen LogP contribution in [0.2, 0.25) is 0 Å². The molecule has 3 heterocycles. The first kappa shape index (κ1) is 18.8. The number of β-amino-alcohol motifs (C(OH)–C–C–N with tert-alkyl or cyclic N) is 1. The lowest BCUT2D eigenvalue weighted by Gasteiger charge is -2.43. The van der Waals surface area contributed by atoms with Crippen molar-refractivity contribution in [2.24, 2.45) is 0 Å². The van der Waals surface area contributed by atoms with Crippen molar-refractivity contribution in [1.82, 2.24) is 19.8 Å². The van der Waals surface area contributed by atoms with Crippen LogP contribution in [0.25, 0.3) is 0 Å². The second-order valence-electron chi connectivity index (χ2n) is 7.41. The van der Waals surface area contributed by atoms with E-state index in [-0.39, 0.29) is 5.91 Å². The van der Waals surface area contributed by atoms with Crippen LogP contribution in [0.5, 0.6) is 5.88 Å². The first-order valence-corrected chi connectivity index (χ1v) is 9.30. The molecule has 8 heteroatoms. The lowest BCUT2D eigenvalue weighted by Crippen LogP contribution is -2.56. The van der Waals surface area contributed by atoms with Crippen molar-refractivity contribution in [3.05, 3.63) is 12.4 Å². The molecule has 2 N–H and O–H groups in total. The van der Waals surface area contributed by atoms with E-state index >= 15 is 0 Å². The van der Waals surface area contributed by atoms with E-state index in [0.29, 0.717) is 25.0 Å². The standard InChI is InChI=1S/C18H29N5O3/c1-14(24)23-7-3-6-18(25,12-23)11-22-8-4-15(5-9-22)21-16-10-17(26-2)20-13-19-16/h10,13,15,25H,3-9,11-12H2,1-2H3,(H,19,20,21). The number of hydrogen-bond donors (Lipinski definition) is 2. The summed E-state index contributed by atoms with van der Waals surface area (Å²) >= 11 is 0. The van der Waals surface area contributed by atoms with E-state index in [0.717, 1.165) is 51.1 Å². The van der Waals surface area contributed by atoms with Gasteiger partial charge >= 0.3 is 0 Å². The van der Waals surface area contributed by atoms with E-state index in [4.69, 9.17) is 4.74 Å². The van der Waals surface area contributed by atoms with Gasteiger partial charge in [0.1, 0.15) is 12.1 Å². The molecular weight excluding hydrogens is 334 g/mol. The second kappa shape index (κ2) is 8.18. The van der Waals surface area contributed by atoms with Crippen molar-refractivity contribution >= 4 is 11.7 Å². The Bertz CT molecular complexity index is 621. The molecule has 2 aliphatic heterocycles. The monoisotopic (exact) mass is 363 g/mol. The van der Waals surface area contributed by atoms with Crippen LogP contribution in [-0.4, -0.2) is 82.3 Å². The molecule has 1 atom stereocenters. The van der Waals surface area contributed by atoms with E-state index in [2.05, 4.69) is 20.2 Å². The molecule has 1 amide bonds. The Morgan fingerprint density at radius 2 is 2.15 bits per heavy atom. The van der Waals surface area contributed by atoms with Gasteiger partial charge in [0.2, 0.25) is 11.8 Å². The number of nitrogens with one attached hydrogen (secondary N) is 1. The molecule has 1 aromatic heterocycles. The predicted molar refractivity (Wildman–Crippen MR) is 98.1 cm³/mol. The van der Waals surface area contributed by atoms with Gasteiger partial charge in [-0.2, -0.15) is 0 Å². The predicted octanol–water partition coefficient (Wildman–Crippen LogP) is 0.735. The van der Waals surface area contributed by atoms with Gasteiger partial charge in [-0.25, -0.2) is 9.97 Å². The van der Waals surface area contributed by atoms with Gasteiger partial charge in [-0.1, -0.05) is 0 Å². The average Bonchev–Trinajstić information content (AvgIpc) is 2.63. The van der Waals surface area contributed by atoms with Crippen molar-refractivity contribution in [3.63, 3.8) is 0 Å². The third-order valence-electron chi connectivity index (χ3n) is 5.31. The van der Waals surface area contributed by atoms with Crippen LogP contribution >= 0.6 is 0 Å². The number of methoxy groups -OCH3 is 1. The number of nitrogens with zero attached hydrogens (tertiary/aromatic N) is 4. The fourth-order valence-corrected chi connectivity index (χ4v) is 3.90. The number of likely N-dealkylation sites (tertiary alicyclic amines) is 2. The van der Waals surface area contributed by atoms with Gasteiger partial charge in [0.15, 0.2) is 0 Å². The maximum atomic E-state index is 11.6. The molecule has 1 unspecified atom stereocenters. The number of hydrogen-bond acceptors (Lipinski definition) is 7. The number of carbonyl (C=O) groups is 1. The fourth-order valence-electron chi connectivity index (χ4n) is 3.90. The smallest absolute Gasteiger partial charge is 0.219 e. The first-order chi connectivity index (χ1) is 12.5. The number of amides is 1. The molecule has 144 valence electrons. The SMILES string of the molecule is COc1cc(NC2CCN(CC3(O)CCCN(C(C)=O)C3)CC2)ncn1. The number of rotatable bonds is 5. The Morgan fingerprint density at radius 1 is 1.38 bits per heavy atom. The Hall–Kier alpha value is -1.93. The van der Waals surface area contributed by atoms with Gasteiger partial charge in [-0.15, -0.1) is 0 Å². The molecule has 0 spiro atoms. The molecule has 2 fully saturated rings. The Balaban J connectivity index is 1.48. The van der Waals surface area contributed by atoms with Crippen LogP contribution < -0.4 is 10.1 Å². The third-order valence-corrected chi connectivity index (χ3v) is 5.31. The largest absolute Gasteiger partial charge is 0.481 e. The lowest BCUT2D eigenvalue weighted by molar-refractivity contribution is -0.137. The van der Waals surface area contributed by atoms with E-state index in [9.17, 15) is 9.90 Å². The summed E-state index contributed by atoms with van der Waals surface area (Å²) in [4.78, 5) is 23.9. The fraction of sp³-hybridized carbons (Fsp3) is 0.722. The Kier molecular flexibility index (Phi) is 5.93. The number of carbonyl (C=O) groups excluding carboxylic acids is 1. The highest BCUT2D eigenvalue weighted by atomic mass is 16.5. The van der Waals surface area contributed by atoms with Crippen LogP contribution in [0.1, 0.15) is 32.6 Å². The van der Waals surface area contributed by atoms with Gasteiger partial charge in [0.25, 0.3) is 0 Å². The van der Waals surface area contributed by atoms with Gasteiger partial charge in [0.05, 0.1) is 19.3 Å². The summed E-state index contributed by atoms with van der Waals surface area (Å²) in [6.07, 6.45) is 5.09. The molecule has 0 radical (unpaired) electrons. The summed E-state index contributed by atoms with van der Waals surface area (Å²) in [7, 11) is 1.59. The summed E-state index contributed by atoms with van der Waals surface area (Å²) in [5.74, 6) is 1.37. The molecule has 2 aliphatic rings. The molecule has 1 aromatic rings. The zero-order valence-electron chi connectivity index (χ0n) is 15.6. The van der Waals surface area contributed by atoms with Crippen molar-refractivity contribution in [2.75, 3.05) is 45.2 Å². The zero-order valence-corrected chi connectivity index (χ0v) is 15.6. The van der Waals surface area contributed by atoms with Crippen molar-refractivity contribution in [3.8, 4) is 5.88 Å². The van der Waals surface area contributed by atoms with Crippen molar-refractivity contribution in [2.45, 2.75) is 44.2 Å². The molecule has 3 rings (SSSR count). The maximum Gasteiger partial charge on any atom is 0.219 e. The van der Waals surface area contributed by atoms with E-state index < -0.39 is 5.60 Å². The molecule has 0 saturated carbocycles. The summed E-state index contributed by atoms with van der Waals surface area (Å²) in [6.45, 7) is 5.24. The third kappa shape index (κ3) is 4.82. The summed E-state index contributed by atoms with van der Waals surface area (Å²) in [5, 5.41) is 14.4. The molecule has 0 bridgehead atoms. The Labute approximate surface area is 154 Å². The molecule has 0 aliphatic carbocycles. The zero-order chi connectivity index (χ0) is 18.6. The van der Waals surface area contributed by atoms with Crippen LogP contribution in [0.15, 0.2) is 12.4 Å². The molecule has 8 nitrogen and oxygen atoms in total. The molecule has 2 saturated heterocycles. The highest BCUT2D eigenvalue weighted by Crippen LogP contribution is 2.25. The lowest BCUT2D eigenvalue weighted by atomic mass is 9.91. The van der Waals surface area contributed by atoms with Gasteiger partial charge < -0.3 is 25.0 Å². The van der Waals surface area contributed by atoms with Crippen LogP contribution in [-0.2, 0) is 4.79 Å². The van der Waals surface area contributed by atoms with E-state index in [1.165, 1.54) is 6.33 Å². The number of anilines is 1. The molecule has 0 aromatic carbocycles. The number of aliphatic hydroxyl groups is 1. The van der Waals surface area contributed by atoms with Gasteiger partial charge in [0, 0.05) is 45.2 Å². The average molecular weight is 363 g/mol. The highest BCUT2D eigenvalue weighted by molar-refractivity contribution is 5.73. The summed E-state index contributed by atoms with van der Waals surface area (Å²) in [5.41, 5.74) is -0.787. The number of aromatic nitrogens is 2. The second-order valence-corrected chi connectivity index (χ2v) is 7.41. The van der Waals surface area contributed by atoms with Gasteiger partial charge in [-0.05, 0) is 25.7 Å².